The highest BCUT2D eigenvalue weighted by molar-refractivity contribution is 5.83. The van der Waals surface area contributed by atoms with Gasteiger partial charge in [0, 0.05) is 18.9 Å². The highest BCUT2D eigenvalue weighted by Gasteiger charge is 2.47. The zero-order valence-corrected chi connectivity index (χ0v) is 10.0. The molecule has 3 nitrogen and oxygen atoms in total. The van der Waals surface area contributed by atoms with E-state index in [-0.39, 0.29) is 5.97 Å². The molecule has 2 aliphatic rings. The maximum atomic E-state index is 12.1. The first-order chi connectivity index (χ1) is 8.23. The van der Waals surface area contributed by atoms with Gasteiger partial charge in [0.25, 0.3) is 0 Å². The second-order valence-corrected chi connectivity index (χ2v) is 5.11. The minimum atomic E-state index is -0.514. The Bertz CT molecular complexity index is 426. The van der Waals surface area contributed by atoms with Crippen LogP contribution in [0, 0.1) is 0 Å². The topological polar surface area (TPSA) is 38.3 Å². The molecule has 2 aliphatic carbocycles. The average molecular weight is 231 g/mol. The molecule has 0 spiro atoms. The molecule has 0 atom stereocenters. The van der Waals surface area contributed by atoms with Crippen molar-refractivity contribution in [2.45, 2.75) is 37.3 Å². The maximum absolute atomic E-state index is 12.1. The third kappa shape index (κ3) is 1.84. The molecule has 1 saturated carbocycles. The third-order valence-electron chi connectivity index (χ3n) is 3.74. The van der Waals surface area contributed by atoms with Crippen LogP contribution in [0.15, 0.2) is 24.3 Å². The van der Waals surface area contributed by atoms with Gasteiger partial charge < -0.3 is 4.74 Å². The van der Waals surface area contributed by atoms with E-state index in [4.69, 9.17) is 4.74 Å². The van der Waals surface area contributed by atoms with Crippen molar-refractivity contribution in [1.29, 1.82) is 0 Å². The highest BCUT2D eigenvalue weighted by Crippen LogP contribution is 2.34. The van der Waals surface area contributed by atoms with Gasteiger partial charge in [-0.05, 0) is 24.0 Å². The zero-order chi connectivity index (χ0) is 11.9. The second kappa shape index (κ2) is 3.84. The molecule has 0 bridgehead atoms. The molecule has 0 radical (unpaired) electrons. The van der Waals surface area contributed by atoms with Gasteiger partial charge in [-0.1, -0.05) is 24.3 Å². The predicted molar refractivity (Wildman–Crippen MR) is 64.8 cm³/mol. The number of rotatable bonds is 3. The molecule has 17 heavy (non-hydrogen) atoms. The normalized spacial score (nSPS) is 21.0. The predicted octanol–water partition coefficient (Wildman–Crippen LogP) is 1.45. The Hall–Kier alpha value is -1.35. The van der Waals surface area contributed by atoms with Crippen LogP contribution in [0.2, 0.25) is 0 Å². The number of esters is 1. The van der Waals surface area contributed by atoms with Crippen LogP contribution in [-0.4, -0.2) is 24.7 Å². The minimum absolute atomic E-state index is 0.124. The number of fused-ring (bicyclic) bond motifs is 1. The van der Waals surface area contributed by atoms with Crippen molar-refractivity contribution in [3.63, 3.8) is 0 Å². The van der Waals surface area contributed by atoms with E-state index in [2.05, 4.69) is 17.4 Å². The number of benzene rings is 1. The van der Waals surface area contributed by atoms with Gasteiger partial charge in [0.2, 0.25) is 0 Å². The standard InChI is InChI=1S/C14H17NO2/c1-17-13(16)14(15-12-6-7-12)8-10-4-2-3-5-11(10)9-14/h2-5,12,15H,6-9H2,1H3. The van der Waals surface area contributed by atoms with Gasteiger partial charge in [0.15, 0.2) is 0 Å². The fourth-order valence-electron chi connectivity index (χ4n) is 2.73. The van der Waals surface area contributed by atoms with Gasteiger partial charge in [-0.15, -0.1) is 0 Å². The molecule has 0 saturated heterocycles. The summed E-state index contributed by atoms with van der Waals surface area (Å²) >= 11 is 0. The Morgan fingerprint density at radius 1 is 1.29 bits per heavy atom. The van der Waals surface area contributed by atoms with Gasteiger partial charge in [0.1, 0.15) is 5.54 Å². The van der Waals surface area contributed by atoms with Crippen molar-refractivity contribution < 1.29 is 9.53 Å². The molecule has 0 aliphatic heterocycles. The van der Waals surface area contributed by atoms with Crippen LogP contribution in [0.4, 0.5) is 0 Å². The lowest BCUT2D eigenvalue weighted by molar-refractivity contribution is -0.148. The van der Waals surface area contributed by atoms with E-state index in [0.717, 1.165) is 12.8 Å². The largest absolute Gasteiger partial charge is 0.468 e. The number of ether oxygens (including phenoxy) is 1. The lowest BCUT2D eigenvalue weighted by Gasteiger charge is -2.27. The van der Waals surface area contributed by atoms with Crippen molar-refractivity contribution in [3.05, 3.63) is 35.4 Å². The number of carbonyl (C=O) groups excluding carboxylic acids is 1. The lowest BCUT2D eigenvalue weighted by Crippen LogP contribution is -2.54. The number of carbonyl (C=O) groups is 1. The summed E-state index contributed by atoms with van der Waals surface area (Å²) in [6, 6.07) is 8.78. The van der Waals surface area contributed by atoms with Gasteiger partial charge in [-0.2, -0.15) is 0 Å². The van der Waals surface area contributed by atoms with E-state index in [1.165, 1.54) is 31.1 Å². The molecular formula is C14H17NO2. The van der Waals surface area contributed by atoms with E-state index >= 15 is 0 Å². The van der Waals surface area contributed by atoms with E-state index in [9.17, 15) is 4.79 Å². The molecule has 1 aromatic rings. The summed E-state index contributed by atoms with van der Waals surface area (Å²) in [7, 11) is 1.47. The average Bonchev–Trinajstić information content (AvgIpc) is 3.06. The fraction of sp³-hybridized carbons (Fsp3) is 0.500. The fourth-order valence-corrected chi connectivity index (χ4v) is 2.73. The molecule has 90 valence electrons. The lowest BCUT2D eigenvalue weighted by atomic mass is 9.95. The molecule has 3 heteroatoms. The molecule has 0 heterocycles. The van der Waals surface area contributed by atoms with Crippen LogP contribution in [0.25, 0.3) is 0 Å². The van der Waals surface area contributed by atoms with Gasteiger partial charge in [0.05, 0.1) is 7.11 Å². The van der Waals surface area contributed by atoms with Crippen LogP contribution in [0.1, 0.15) is 24.0 Å². The van der Waals surface area contributed by atoms with Crippen LogP contribution < -0.4 is 5.32 Å². The van der Waals surface area contributed by atoms with E-state index in [1.54, 1.807) is 0 Å². The molecule has 1 N–H and O–H groups in total. The maximum Gasteiger partial charge on any atom is 0.326 e. The summed E-state index contributed by atoms with van der Waals surface area (Å²) < 4.78 is 5.00. The Morgan fingerprint density at radius 2 is 1.88 bits per heavy atom. The Labute approximate surface area is 101 Å². The first kappa shape index (κ1) is 10.8. The number of hydrogen-bond donors (Lipinski definition) is 1. The summed E-state index contributed by atoms with van der Waals surface area (Å²) in [5.74, 6) is -0.124. The zero-order valence-electron chi connectivity index (χ0n) is 10.0. The molecule has 0 unspecified atom stereocenters. The van der Waals surface area contributed by atoms with Gasteiger partial charge >= 0.3 is 5.97 Å². The van der Waals surface area contributed by atoms with E-state index < -0.39 is 5.54 Å². The Balaban J connectivity index is 1.90. The number of hydrogen-bond acceptors (Lipinski definition) is 3. The molecule has 1 fully saturated rings. The van der Waals surface area contributed by atoms with Crippen molar-refractivity contribution in [2.24, 2.45) is 0 Å². The summed E-state index contributed by atoms with van der Waals surface area (Å²) in [6.07, 6.45) is 3.86. The molecule has 0 amide bonds. The smallest absolute Gasteiger partial charge is 0.326 e. The number of methoxy groups -OCH3 is 1. The first-order valence-corrected chi connectivity index (χ1v) is 6.16. The molecule has 1 aromatic carbocycles. The molecular weight excluding hydrogens is 214 g/mol. The van der Waals surface area contributed by atoms with Gasteiger partial charge in [-0.3, -0.25) is 10.1 Å². The van der Waals surface area contributed by atoms with Crippen LogP contribution in [-0.2, 0) is 22.4 Å². The minimum Gasteiger partial charge on any atom is -0.468 e. The van der Waals surface area contributed by atoms with Crippen LogP contribution in [0.3, 0.4) is 0 Å². The van der Waals surface area contributed by atoms with Crippen molar-refractivity contribution in [1.82, 2.24) is 5.32 Å². The molecule has 3 rings (SSSR count). The second-order valence-electron chi connectivity index (χ2n) is 5.11. The van der Waals surface area contributed by atoms with E-state index in [1.807, 2.05) is 12.1 Å². The number of nitrogens with one attached hydrogen (secondary N) is 1. The quantitative estimate of drug-likeness (QED) is 0.800. The summed E-state index contributed by atoms with van der Waals surface area (Å²) in [5, 5.41) is 3.49. The van der Waals surface area contributed by atoms with Crippen molar-refractivity contribution in [3.8, 4) is 0 Å². The summed E-state index contributed by atoms with van der Waals surface area (Å²) in [5.41, 5.74) is 2.02. The monoisotopic (exact) mass is 231 g/mol. The van der Waals surface area contributed by atoms with Crippen LogP contribution in [0.5, 0.6) is 0 Å². The molecule has 0 aromatic heterocycles. The van der Waals surface area contributed by atoms with Crippen LogP contribution >= 0.6 is 0 Å². The Morgan fingerprint density at radius 3 is 2.35 bits per heavy atom. The SMILES string of the molecule is COC(=O)C1(NC2CC2)Cc2ccccc2C1. The third-order valence-corrected chi connectivity index (χ3v) is 3.74. The Kier molecular flexibility index (Phi) is 2.44. The summed E-state index contributed by atoms with van der Waals surface area (Å²) in [6.45, 7) is 0. The van der Waals surface area contributed by atoms with Crippen molar-refractivity contribution >= 4 is 5.97 Å². The summed E-state index contributed by atoms with van der Waals surface area (Å²) in [4.78, 5) is 12.1. The van der Waals surface area contributed by atoms with Crippen molar-refractivity contribution in [2.75, 3.05) is 7.11 Å². The first-order valence-electron chi connectivity index (χ1n) is 6.16. The van der Waals surface area contributed by atoms with Gasteiger partial charge in [-0.25, -0.2) is 0 Å². The van der Waals surface area contributed by atoms with E-state index in [0.29, 0.717) is 6.04 Å². The highest BCUT2D eigenvalue weighted by atomic mass is 16.5.